The molecule has 1 aliphatic carbocycles. The van der Waals surface area contributed by atoms with Gasteiger partial charge in [0.1, 0.15) is 43.0 Å². The Balaban J connectivity index is 1.24. The van der Waals surface area contributed by atoms with Crippen LogP contribution in [0.1, 0.15) is 109 Å². The predicted molar refractivity (Wildman–Crippen MR) is 273 cm³/mol. The van der Waals surface area contributed by atoms with Gasteiger partial charge in [0.05, 0.1) is 26.4 Å². The molecule has 2 atom stereocenters. The van der Waals surface area contributed by atoms with E-state index in [1.807, 2.05) is 42.5 Å². The summed E-state index contributed by atoms with van der Waals surface area (Å²) in [6, 6.07) is 22.8. The second-order valence-electron chi connectivity index (χ2n) is 19.4. The molecular weight excluding hydrogens is 957 g/mol. The molecule has 20 nitrogen and oxygen atoms in total. The van der Waals surface area contributed by atoms with Crippen molar-refractivity contribution in [2.45, 2.75) is 122 Å². The summed E-state index contributed by atoms with van der Waals surface area (Å²) in [5.74, 6) is -3.94. The standard InChI is InChI=1S/C54H74N6O14/c1-53(2,3)73-47(63)26-23-44(49(65)55-28-30-69-32-33-70-31-29-57-52(68)74-54(4,5)6)60-46(62)25-24-45(61)59-43(50(66)58-34-48(64)71-35-37-16-8-7-9-17-37)22-14-15-27-56-51(67)72-36-42-40-20-12-10-18-38(40)39-19-11-13-21-41(39)42/h7-13,16-21,42-44H,14-15,22-36H2,1-6H3,(H,55,65)(H,56,67)(H,57,68)(H,58,66)(H,59,61)(H,60,62). The van der Waals surface area contributed by atoms with Crippen molar-refractivity contribution in [3.8, 4) is 11.1 Å². The van der Waals surface area contributed by atoms with E-state index in [0.29, 0.717) is 12.8 Å². The zero-order valence-corrected chi connectivity index (χ0v) is 43.5. The van der Waals surface area contributed by atoms with E-state index < -0.39 is 77.6 Å². The molecule has 404 valence electrons. The Morgan fingerprint density at radius 3 is 1.64 bits per heavy atom. The average Bonchev–Trinajstić information content (AvgIpc) is 3.67. The molecule has 2 unspecified atom stereocenters. The maximum atomic E-state index is 13.4. The Bertz CT molecular complexity index is 2270. The molecule has 74 heavy (non-hydrogen) atoms. The van der Waals surface area contributed by atoms with E-state index >= 15 is 0 Å². The van der Waals surface area contributed by atoms with Gasteiger partial charge >= 0.3 is 24.1 Å². The van der Waals surface area contributed by atoms with Crippen molar-refractivity contribution >= 4 is 47.8 Å². The lowest BCUT2D eigenvalue weighted by molar-refractivity contribution is -0.155. The van der Waals surface area contributed by atoms with Crippen molar-refractivity contribution in [3.05, 3.63) is 95.6 Å². The number of nitrogens with one attached hydrogen (secondary N) is 6. The zero-order chi connectivity index (χ0) is 53.9. The lowest BCUT2D eigenvalue weighted by atomic mass is 9.98. The van der Waals surface area contributed by atoms with Crippen molar-refractivity contribution in [3.63, 3.8) is 0 Å². The first kappa shape index (κ1) is 59.5. The molecule has 0 spiro atoms. The lowest BCUT2D eigenvalue weighted by Gasteiger charge is -2.22. The van der Waals surface area contributed by atoms with Crippen molar-refractivity contribution in [2.24, 2.45) is 0 Å². The number of benzene rings is 3. The van der Waals surface area contributed by atoms with Crippen LogP contribution in [-0.2, 0) is 63.8 Å². The maximum absolute atomic E-state index is 13.4. The summed E-state index contributed by atoms with van der Waals surface area (Å²) in [5.41, 5.74) is 3.76. The first-order chi connectivity index (χ1) is 35.3. The summed E-state index contributed by atoms with van der Waals surface area (Å²) >= 11 is 0. The molecule has 6 N–H and O–H groups in total. The van der Waals surface area contributed by atoms with Crippen LogP contribution in [0.15, 0.2) is 78.9 Å². The fourth-order valence-electron chi connectivity index (χ4n) is 7.57. The number of carbonyl (C=O) groups is 8. The van der Waals surface area contributed by atoms with Crippen LogP contribution >= 0.6 is 0 Å². The fourth-order valence-corrected chi connectivity index (χ4v) is 7.57. The Kier molecular flexibility index (Phi) is 24.8. The number of hydrogen-bond donors (Lipinski definition) is 6. The SMILES string of the molecule is CC(C)(C)OC(=O)CCC(NC(=O)CCC(=O)NC(CCCCNC(=O)OCC1c2ccccc2-c2ccccc21)C(=O)NCC(=O)OCc1ccccc1)C(=O)NCCOCCOCCNC(=O)OC(C)(C)C. The van der Waals surface area contributed by atoms with E-state index in [2.05, 4.69) is 44.0 Å². The molecule has 20 heteroatoms. The molecule has 3 aromatic carbocycles. The van der Waals surface area contributed by atoms with E-state index in [4.69, 9.17) is 28.4 Å². The van der Waals surface area contributed by atoms with E-state index in [9.17, 15) is 38.4 Å². The van der Waals surface area contributed by atoms with Gasteiger partial charge in [0.2, 0.25) is 23.6 Å². The third-order valence-electron chi connectivity index (χ3n) is 11.0. The number of unbranched alkanes of at least 4 members (excludes halogenated alkanes) is 1. The van der Waals surface area contributed by atoms with Crippen LogP contribution < -0.4 is 31.9 Å². The minimum Gasteiger partial charge on any atom is -0.460 e. The summed E-state index contributed by atoms with van der Waals surface area (Å²) in [4.78, 5) is 103. The number of hydrogen-bond acceptors (Lipinski definition) is 14. The van der Waals surface area contributed by atoms with Gasteiger partial charge in [-0.1, -0.05) is 78.9 Å². The first-order valence-electron chi connectivity index (χ1n) is 25.0. The van der Waals surface area contributed by atoms with Crippen molar-refractivity contribution in [1.29, 1.82) is 0 Å². The van der Waals surface area contributed by atoms with Crippen molar-refractivity contribution in [1.82, 2.24) is 31.9 Å². The molecule has 0 bridgehead atoms. The van der Waals surface area contributed by atoms with Gasteiger partial charge in [-0.2, -0.15) is 0 Å². The Morgan fingerprint density at radius 1 is 0.514 bits per heavy atom. The van der Waals surface area contributed by atoms with Gasteiger partial charge in [-0.25, -0.2) is 9.59 Å². The zero-order valence-electron chi connectivity index (χ0n) is 43.5. The number of carbonyl (C=O) groups excluding carboxylic acids is 8. The summed E-state index contributed by atoms with van der Waals surface area (Å²) < 4.78 is 32.4. The molecular formula is C54H74N6O14. The van der Waals surface area contributed by atoms with Crippen LogP contribution in [0.5, 0.6) is 0 Å². The molecule has 1 aliphatic rings. The minimum atomic E-state index is -1.17. The predicted octanol–water partition coefficient (Wildman–Crippen LogP) is 5.10. The summed E-state index contributed by atoms with van der Waals surface area (Å²) in [5, 5.41) is 15.8. The topological polar surface area (TPSA) is 264 Å². The van der Waals surface area contributed by atoms with Crippen LogP contribution in [-0.4, -0.2) is 130 Å². The highest BCUT2D eigenvalue weighted by Gasteiger charge is 2.30. The molecule has 4 rings (SSSR count). The fraction of sp³-hybridized carbons (Fsp3) is 0.519. The second-order valence-corrected chi connectivity index (χ2v) is 19.4. The van der Waals surface area contributed by atoms with Gasteiger partial charge in [-0.3, -0.25) is 28.8 Å². The van der Waals surface area contributed by atoms with Gasteiger partial charge < -0.3 is 60.3 Å². The van der Waals surface area contributed by atoms with E-state index in [0.717, 1.165) is 27.8 Å². The Labute approximate surface area is 433 Å². The van der Waals surface area contributed by atoms with Crippen molar-refractivity contribution < 1.29 is 66.8 Å². The molecule has 6 amide bonds. The summed E-state index contributed by atoms with van der Waals surface area (Å²) in [7, 11) is 0. The van der Waals surface area contributed by atoms with Crippen LogP contribution in [0.4, 0.5) is 9.59 Å². The maximum Gasteiger partial charge on any atom is 0.407 e. The number of esters is 2. The van der Waals surface area contributed by atoms with Gasteiger partial charge in [0, 0.05) is 44.8 Å². The molecule has 0 radical (unpaired) electrons. The van der Waals surface area contributed by atoms with Crippen LogP contribution in [0.2, 0.25) is 0 Å². The van der Waals surface area contributed by atoms with E-state index in [-0.39, 0.29) is 97.3 Å². The van der Waals surface area contributed by atoms with Gasteiger partial charge in [-0.15, -0.1) is 0 Å². The average molecular weight is 1030 g/mol. The quantitative estimate of drug-likeness (QED) is 0.0288. The smallest absolute Gasteiger partial charge is 0.407 e. The number of rotatable bonds is 30. The Hall–Kier alpha value is -7.06. The van der Waals surface area contributed by atoms with Crippen molar-refractivity contribution in [2.75, 3.05) is 59.2 Å². The van der Waals surface area contributed by atoms with Crippen LogP contribution in [0.3, 0.4) is 0 Å². The van der Waals surface area contributed by atoms with Gasteiger partial charge in [0.15, 0.2) is 0 Å². The highest BCUT2D eigenvalue weighted by atomic mass is 16.6. The summed E-state index contributed by atoms with van der Waals surface area (Å²) in [6.45, 7) is 11.4. The number of alkyl carbamates (subject to hydrolysis) is 2. The molecule has 3 aromatic rings. The molecule has 0 saturated carbocycles. The van der Waals surface area contributed by atoms with E-state index in [1.54, 1.807) is 65.8 Å². The lowest BCUT2D eigenvalue weighted by Crippen LogP contribution is -2.49. The van der Waals surface area contributed by atoms with Crippen LogP contribution in [0.25, 0.3) is 11.1 Å². The Morgan fingerprint density at radius 2 is 1.04 bits per heavy atom. The van der Waals surface area contributed by atoms with Crippen LogP contribution in [0, 0.1) is 0 Å². The molecule has 0 aromatic heterocycles. The number of fused-ring (bicyclic) bond motifs is 3. The third kappa shape index (κ3) is 23.2. The molecule has 0 saturated heterocycles. The summed E-state index contributed by atoms with van der Waals surface area (Å²) in [6.07, 6.45) is -1.28. The third-order valence-corrected chi connectivity index (χ3v) is 11.0. The molecule has 0 fully saturated rings. The second kappa shape index (κ2) is 30.9. The highest BCUT2D eigenvalue weighted by molar-refractivity contribution is 5.92. The molecule has 0 aliphatic heterocycles. The number of ether oxygens (including phenoxy) is 6. The minimum absolute atomic E-state index is 0.00249. The normalized spacial score (nSPS) is 12.7. The van der Waals surface area contributed by atoms with Gasteiger partial charge in [0.25, 0.3) is 0 Å². The largest absolute Gasteiger partial charge is 0.460 e. The monoisotopic (exact) mass is 1030 g/mol. The molecule has 0 heterocycles. The number of amides is 6. The van der Waals surface area contributed by atoms with Gasteiger partial charge in [-0.05, 0) is 95.0 Å². The first-order valence-corrected chi connectivity index (χ1v) is 25.0. The van der Waals surface area contributed by atoms with E-state index in [1.165, 1.54) is 0 Å². The highest BCUT2D eigenvalue weighted by Crippen LogP contribution is 2.44.